The zero-order chi connectivity index (χ0) is 8.27. The summed E-state index contributed by atoms with van der Waals surface area (Å²) in [5.74, 6) is -1.04. The van der Waals surface area contributed by atoms with Crippen LogP contribution in [0.2, 0.25) is 0 Å². The van der Waals surface area contributed by atoms with E-state index in [2.05, 4.69) is 10.1 Å². The van der Waals surface area contributed by atoms with E-state index in [0.29, 0.717) is 0 Å². The first kappa shape index (κ1) is 7.67. The van der Waals surface area contributed by atoms with Crippen LogP contribution in [-0.4, -0.2) is 31.9 Å². The fourth-order valence-electron chi connectivity index (χ4n) is 0.607. The Labute approximate surface area is 62.6 Å². The average Bonchev–Trinajstić information content (AvgIpc) is 2.39. The predicted molar refractivity (Wildman–Crippen MR) is 35.6 cm³/mol. The highest BCUT2D eigenvalue weighted by Gasteiger charge is 2.11. The fourth-order valence-corrected chi connectivity index (χ4v) is 0.607. The maximum atomic E-state index is 10.2. The van der Waals surface area contributed by atoms with Gasteiger partial charge < -0.3 is 10.8 Å². The molecule has 1 rings (SSSR count). The van der Waals surface area contributed by atoms with Crippen molar-refractivity contribution in [2.24, 2.45) is 5.73 Å². The molecule has 0 saturated heterocycles. The maximum absolute atomic E-state index is 10.2. The number of carboxylic acid groups (broad SMARTS) is 1. The van der Waals surface area contributed by atoms with E-state index < -0.39 is 12.0 Å². The first-order valence-corrected chi connectivity index (χ1v) is 3.01. The number of hydrogen-bond donors (Lipinski definition) is 2. The SMILES string of the molecule is N[C@H](Cn1cncn1)C(=O)O. The number of nitrogens with two attached hydrogens (primary N) is 1. The molecule has 1 atom stereocenters. The van der Waals surface area contributed by atoms with Crippen molar-refractivity contribution in [2.75, 3.05) is 0 Å². The molecule has 0 aliphatic carbocycles. The summed E-state index contributed by atoms with van der Waals surface area (Å²) in [6.07, 6.45) is 2.75. The molecule has 6 heteroatoms. The van der Waals surface area contributed by atoms with Crippen LogP contribution in [0.25, 0.3) is 0 Å². The first-order chi connectivity index (χ1) is 5.20. The van der Waals surface area contributed by atoms with E-state index in [9.17, 15) is 4.79 Å². The Morgan fingerprint density at radius 2 is 2.55 bits per heavy atom. The van der Waals surface area contributed by atoms with Gasteiger partial charge in [-0.15, -0.1) is 0 Å². The highest BCUT2D eigenvalue weighted by atomic mass is 16.4. The molecule has 11 heavy (non-hydrogen) atoms. The van der Waals surface area contributed by atoms with E-state index in [4.69, 9.17) is 10.8 Å². The molecular weight excluding hydrogens is 148 g/mol. The van der Waals surface area contributed by atoms with Crippen LogP contribution in [0.1, 0.15) is 0 Å². The van der Waals surface area contributed by atoms with Crippen LogP contribution in [0.4, 0.5) is 0 Å². The number of aromatic nitrogens is 3. The third-order valence-electron chi connectivity index (χ3n) is 1.17. The molecule has 1 aromatic rings. The lowest BCUT2D eigenvalue weighted by molar-refractivity contribution is -0.138. The summed E-state index contributed by atoms with van der Waals surface area (Å²) in [6, 6.07) is -0.920. The minimum Gasteiger partial charge on any atom is -0.480 e. The van der Waals surface area contributed by atoms with Gasteiger partial charge in [0.15, 0.2) is 0 Å². The normalized spacial score (nSPS) is 12.8. The molecule has 1 heterocycles. The van der Waals surface area contributed by atoms with Crippen molar-refractivity contribution < 1.29 is 9.90 Å². The van der Waals surface area contributed by atoms with Crippen LogP contribution < -0.4 is 5.73 Å². The molecule has 0 aliphatic heterocycles. The Morgan fingerprint density at radius 3 is 3.00 bits per heavy atom. The molecule has 0 saturated carbocycles. The van der Waals surface area contributed by atoms with Gasteiger partial charge in [-0.25, -0.2) is 4.98 Å². The van der Waals surface area contributed by atoms with Gasteiger partial charge in [-0.2, -0.15) is 5.10 Å². The Bertz CT molecular complexity index is 233. The van der Waals surface area contributed by atoms with Crippen molar-refractivity contribution in [2.45, 2.75) is 12.6 Å². The second-order valence-electron chi connectivity index (χ2n) is 2.06. The fraction of sp³-hybridized carbons (Fsp3) is 0.400. The highest BCUT2D eigenvalue weighted by Crippen LogP contribution is 1.85. The first-order valence-electron chi connectivity index (χ1n) is 3.01. The summed E-state index contributed by atoms with van der Waals surface area (Å²) in [7, 11) is 0. The molecule has 0 aromatic carbocycles. The number of carboxylic acids is 1. The Balaban J connectivity index is 2.50. The molecular formula is C5H8N4O2. The summed E-state index contributed by atoms with van der Waals surface area (Å²) in [6.45, 7) is 0.148. The standard InChI is InChI=1S/C5H8N4O2/c6-4(5(10)11)1-9-3-7-2-8-9/h2-4H,1,6H2,(H,10,11)/t4-/m1/s1. The minimum atomic E-state index is -1.04. The quantitative estimate of drug-likeness (QED) is 0.566. The number of nitrogens with zero attached hydrogens (tertiary/aromatic N) is 3. The molecule has 0 amide bonds. The molecule has 3 N–H and O–H groups in total. The van der Waals surface area contributed by atoms with E-state index in [1.165, 1.54) is 17.3 Å². The van der Waals surface area contributed by atoms with Gasteiger partial charge in [0, 0.05) is 0 Å². The van der Waals surface area contributed by atoms with E-state index >= 15 is 0 Å². The van der Waals surface area contributed by atoms with Gasteiger partial charge >= 0.3 is 5.97 Å². The third kappa shape index (κ3) is 2.01. The molecule has 60 valence electrons. The van der Waals surface area contributed by atoms with E-state index in [0.717, 1.165) is 0 Å². The van der Waals surface area contributed by atoms with Gasteiger partial charge in [0.05, 0.1) is 6.54 Å². The molecule has 6 nitrogen and oxygen atoms in total. The molecule has 0 aliphatic rings. The lowest BCUT2D eigenvalue weighted by Gasteiger charge is -2.04. The molecule has 0 spiro atoms. The van der Waals surface area contributed by atoms with Crippen LogP contribution >= 0.6 is 0 Å². The highest BCUT2D eigenvalue weighted by molar-refractivity contribution is 5.72. The van der Waals surface area contributed by atoms with Crippen molar-refractivity contribution >= 4 is 5.97 Å². The predicted octanol–water partition coefficient (Wildman–Crippen LogP) is -1.31. The van der Waals surface area contributed by atoms with Gasteiger partial charge in [0.1, 0.15) is 18.7 Å². The van der Waals surface area contributed by atoms with Crippen molar-refractivity contribution in [1.29, 1.82) is 0 Å². The Hall–Kier alpha value is -1.43. The van der Waals surface area contributed by atoms with Crippen LogP contribution in [0.3, 0.4) is 0 Å². The molecule has 0 unspecified atom stereocenters. The van der Waals surface area contributed by atoms with E-state index in [1.54, 1.807) is 0 Å². The Morgan fingerprint density at radius 1 is 1.82 bits per heavy atom. The molecule has 0 radical (unpaired) electrons. The second kappa shape index (κ2) is 3.11. The van der Waals surface area contributed by atoms with Crippen LogP contribution in [0, 0.1) is 0 Å². The number of rotatable bonds is 3. The summed E-state index contributed by atoms with van der Waals surface area (Å²) >= 11 is 0. The van der Waals surface area contributed by atoms with E-state index in [1.807, 2.05) is 0 Å². The van der Waals surface area contributed by atoms with Crippen LogP contribution in [-0.2, 0) is 11.3 Å². The van der Waals surface area contributed by atoms with Gasteiger partial charge in [-0.3, -0.25) is 9.48 Å². The zero-order valence-electron chi connectivity index (χ0n) is 5.71. The second-order valence-corrected chi connectivity index (χ2v) is 2.06. The van der Waals surface area contributed by atoms with Gasteiger partial charge in [-0.05, 0) is 0 Å². The average molecular weight is 156 g/mol. The summed E-state index contributed by atoms with van der Waals surface area (Å²) in [4.78, 5) is 13.9. The smallest absolute Gasteiger partial charge is 0.322 e. The van der Waals surface area contributed by atoms with Crippen LogP contribution in [0.5, 0.6) is 0 Å². The number of hydrogen-bond acceptors (Lipinski definition) is 4. The topological polar surface area (TPSA) is 94.0 Å². The lowest BCUT2D eigenvalue weighted by atomic mass is 10.3. The van der Waals surface area contributed by atoms with Crippen molar-refractivity contribution in [3.63, 3.8) is 0 Å². The minimum absolute atomic E-state index is 0.148. The summed E-state index contributed by atoms with van der Waals surface area (Å²) in [5, 5.41) is 12.1. The molecule has 0 bridgehead atoms. The van der Waals surface area contributed by atoms with Crippen molar-refractivity contribution in [3.05, 3.63) is 12.7 Å². The third-order valence-corrected chi connectivity index (χ3v) is 1.17. The summed E-state index contributed by atoms with van der Waals surface area (Å²) < 4.78 is 1.37. The van der Waals surface area contributed by atoms with E-state index in [-0.39, 0.29) is 6.54 Å². The monoisotopic (exact) mass is 156 g/mol. The van der Waals surface area contributed by atoms with Crippen molar-refractivity contribution in [1.82, 2.24) is 14.8 Å². The maximum Gasteiger partial charge on any atom is 0.322 e. The van der Waals surface area contributed by atoms with Gasteiger partial charge in [-0.1, -0.05) is 0 Å². The molecule has 1 aromatic heterocycles. The molecule has 0 fully saturated rings. The number of aliphatic carboxylic acids is 1. The summed E-state index contributed by atoms with van der Waals surface area (Å²) in [5.41, 5.74) is 5.22. The zero-order valence-corrected chi connectivity index (χ0v) is 5.71. The Kier molecular flexibility index (Phi) is 2.17. The van der Waals surface area contributed by atoms with Crippen molar-refractivity contribution in [3.8, 4) is 0 Å². The lowest BCUT2D eigenvalue weighted by Crippen LogP contribution is -2.34. The largest absolute Gasteiger partial charge is 0.480 e. The van der Waals surface area contributed by atoms with Crippen LogP contribution in [0.15, 0.2) is 12.7 Å². The van der Waals surface area contributed by atoms with Gasteiger partial charge in [0.25, 0.3) is 0 Å². The van der Waals surface area contributed by atoms with Gasteiger partial charge in [0.2, 0.25) is 0 Å². The number of carbonyl (C=O) groups is 1.